The largest absolute Gasteiger partial charge is 0.352 e. The predicted molar refractivity (Wildman–Crippen MR) is 87.9 cm³/mol. The highest BCUT2D eigenvalue weighted by molar-refractivity contribution is 7.90. The molecule has 2 heterocycles. The van der Waals surface area contributed by atoms with Gasteiger partial charge in [-0.1, -0.05) is 12.1 Å². The number of nitrogens with zero attached hydrogens (tertiary/aromatic N) is 2. The molecule has 0 N–H and O–H groups in total. The van der Waals surface area contributed by atoms with Crippen LogP contribution in [0.15, 0.2) is 47.5 Å². The molecule has 23 heavy (non-hydrogen) atoms. The first-order valence-electron chi connectivity index (χ1n) is 7.53. The maximum absolute atomic E-state index is 13.1. The van der Waals surface area contributed by atoms with Crippen LogP contribution < -0.4 is 4.90 Å². The van der Waals surface area contributed by atoms with Gasteiger partial charge in [-0.25, -0.2) is 17.8 Å². The zero-order chi connectivity index (χ0) is 16.6. The Kier molecular flexibility index (Phi) is 4.10. The average Bonchev–Trinajstić information content (AvgIpc) is 2.89. The zero-order valence-electron chi connectivity index (χ0n) is 13.1. The van der Waals surface area contributed by atoms with Gasteiger partial charge in [-0.3, -0.25) is 0 Å². The van der Waals surface area contributed by atoms with E-state index >= 15 is 0 Å². The summed E-state index contributed by atoms with van der Waals surface area (Å²) in [5.74, 6) is 0.493. The molecule has 1 aromatic carbocycles. The fraction of sp³-hybridized carbons (Fsp3) is 0.353. The molecular weight excluding hydrogens is 315 g/mol. The maximum Gasteiger partial charge on any atom is 0.179 e. The molecule has 3 rings (SSSR count). The number of rotatable bonds is 3. The van der Waals surface area contributed by atoms with Crippen molar-refractivity contribution in [2.24, 2.45) is 0 Å². The van der Waals surface area contributed by atoms with E-state index in [1.165, 1.54) is 18.4 Å². The highest BCUT2D eigenvalue weighted by atomic mass is 32.2. The number of aromatic nitrogens is 1. The summed E-state index contributed by atoms with van der Waals surface area (Å²) in [6, 6.07) is 9.92. The Labute approximate surface area is 135 Å². The van der Waals surface area contributed by atoms with E-state index in [2.05, 4.69) is 11.9 Å². The molecule has 2 atom stereocenters. The Morgan fingerprint density at radius 2 is 1.91 bits per heavy atom. The fourth-order valence-electron chi connectivity index (χ4n) is 3.19. The molecule has 2 unspecified atom stereocenters. The summed E-state index contributed by atoms with van der Waals surface area (Å²) in [7, 11) is -3.34. The first-order valence-corrected chi connectivity index (χ1v) is 9.42. The Morgan fingerprint density at radius 1 is 1.22 bits per heavy atom. The summed E-state index contributed by atoms with van der Waals surface area (Å²) in [5.41, 5.74) is 1.07. The molecule has 0 radical (unpaired) electrons. The van der Waals surface area contributed by atoms with Crippen LogP contribution in [0.4, 0.5) is 10.2 Å². The Hall–Kier alpha value is -1.95. The Morgan fingerprint density at radius 3 is 2.57 bits per heavy atom. The SMILES string of the molecule is CC1CC(c2ccc(F)cc2)CN1c1ncccc1S(C)(=O)=O. The first-order chi connectivity index (χ1) is 10.9. The van der Waals surface area contributed by atoms with E-state index in [0.717, 1.165) is 12.0 Å². The van der Waals surface area contributed by atoms with Crippen LogP contribution in [0.2, 0.25) is 0 Å². The van der Waals surface area contributed by atoms with E-state index in [-0.39, 0.29) is 22.7 Å². The molecule has 1 aromatic heterocycles. The predicted octanol–water partition coefficient (Wildman–Crippen LogP) is 3.01. The summed E-state index contributed by atoms with van der Waals surface area (Å²) in [4.78, 5) is 6.59. The standard InChI is InChI=1S/C17H19FN2O2S/c1-12-10-14(13-5-7-15(18)8-6-13)11-20(12)17-16(23(2,21)22)4-3-9-19-17/h3-9,12,14H,10-11H2,1-2H3. The summed E-state index contributed by atoms with van der Waals surface area (Å²) < 4.78 is 37.1. The van der Waals surface area contributed by atoms with E-state index in [4.69, 9.17) is 0 Å². The third kappa shape index (κ3) is 3.22. The number of halogens is 1. The highest BCUT2D eigenvalue weighted by Crippen LogP contribution is 2.36. The minimum Gasteiger partial charge on any atom is -0.352 e. The van der Waals surface area contributed by atoms with E-state index < -0.39 is 9.84 Å². The van der Waals surface area contributed by atoms with Gasteiger partial charge in [0, 0.05) is 31.0 Å². The smallest absolute Gasteiger partial charge is 0.179 e. The lowest BCUT2D eigenvalue weighted by atomic mass is 9.97. The van der Waals surface area contributed by atoms with Crippen molar-refractivity contribution in [2.75, 3.05) is 17.7 Å². The van der Waals surface area contributed by atoms with Crippen LogP contribution in [0.1, 0.15) is 24.8 Å². The molecule has 4 nitrogen and oxygen atoms in total. The number of anilines is 1. The third-order valence-electron chi connectivity index (χ3n) is 4.34. The van der Waals surface area contributed by atoms with E-state index in [9.17, 15) is 12.8 Å². The third-order valence-corrected chi connectivity index (χ3v) is 5.46. The fourth-order valence-corrected chi connectivity index (χ4v) is 4.02. The minimum atomic E-state index is -3.34. The van der Waals surface area contributed by atoms with Gasteiger partial charge >= 0.3 is 0 Å². The lowest BCUT2D eigenvalue weighted by Crippen LogP contribution is -2.29. The molecule has 0 aliphatic carbocycles. The van der Waals surface area contributed by atoms with Crippen molar-refractivity contribution in [1.82, 2.24) is 4.98 Å². The number of pyridine rings is 1. The van der Waals surface area contributed by atoms with Crippen molar-refractivity contribution in [1.29, 1.82) is 0 Å². The minimum absolute atomic E-state index is 0.167. The second-order valence-corrected chi connectivity index (χ2v) is 8.07. The lowest BCUT2D eigenvalue weighted by molar-refractivity contribution is 0.600. The number of hydrogen-bond donors (Lipinski definition) is 0. The van der Waals surface area contributed by atoms with Crippen molar-refractivity contribution < 1.29 is 12.8 Å². The van der Waals surface area contributed by atoms with Crippen LogP contribution in [0.25, 0.3) is 0 Å². The molecule has 0 amide bonds. The second kappa shape index (κ2) is 5.92. The van der Waals surface area contributed by atoms with E-state index in [1.807, 2.05) is 4.90 Å². The summed E-state index contributed by atoms with van der Waals surface area (Å²) in [6.07, 6.45) is 3.69. The molecule has 122 valence electrons. The van der Waals surface area contributed by atoms with Crippen molar-refractivity contribution >= 4 is 15.7 Å². The molecule has 0 spiro atoms. The number of hydrogen-bond acceptors (Lipinski definition) is 4. The van der Waals surface area contributed by atoms with Crippen LogP contribution in [0.3, 0.4) is 0 Å². The van der Waals surface area contributed by atoms with Crippen molar-refractivity contribution in [2.45, 2.75) is 30.2 Å². The van der Waals surface area contributed by atoms with Gasteiger partial charge in [-0.15, -0.1) is 0 Å². The van der Waals surface area contributed by atoms with E-state index in [0.29, 0.717) is 12.4 Å². The van der Waals surface area contributed by atoms with Gasteiger partial charge < -0.3 is 4.90 Å². The van der Waals surface area contributed by atoms with Crippen LogP contribution in [-0.4, -0.2) is 32.2 Å². The molecule has 1 aliphatic rings. The van der Waals surface area contributed by atoms with Gasteiger partial charge in [-0.05, 0) is 43.2 Å². The first kappa shape index (κ1) is 15.9. The molecule has 0 bridgehead atoms. The van der Waals surface area contributed by atoms with Crippen molar-refractivity contribution in [3.63, 3.8) is 0 Å². The van der Waals surface area contributed by atoms with Crippen LogP contribution in [0.5, 0.6) is 0 Å². The number of sulfone groups is 1. The van der Waals surface area contributed by atoms with Gasteiger partial charge in [0.2, 0.25) is 0 Å². The highest BCUT2D eigenvalue weighted by Gasteiger charge is 2.33. The molecule has 0 saturated carbocycles. The maximum atomic E-state index is 13.1. The van der Waals surface area contributed by atoms with Crippen LogP contribution >= 0.6 is 0 Å². The molecule has 1 fully saturated rings. The van der Waals surface area contributed by atoms with Gasteiger partial charge in [-0.2, -0.15) is 0 Å². The van der Waals surface area contributed by atoms with Crippen LogP contribution in [-0.2, 0) is 9.84 Å². The van der Waals surface area contributed by atoms with Crippen molar-refractivity contribution in [3.05, 3.63) is 54.0 Å². The average molecular weight is 334 g/mol. The Bertz CT molecular complexity index is 806. The van der Waals surface area contributed by atoms with Gasteiger partial charge in [0.15, 0.2) is 9.84 Å². The lowest BCUT2D eigenvalue weighted by Gasteiger charge is -2.24. The molecular formula is C17H19FN2O2S. The monoisotopic (exact) mass is 334 g/mol. The Balaban J connectivity index is 1.92. The molecule has 1 saturated heterocycles. The second-order valence-electron chi connectivity index (χ2n) is 6.08. The van der Waals surface area contributed by atoms with Crippen molar-refractivity contribution in [3.8, 4) is 0 Å². The summed E-state index contributed by atoms with van der Waals surface area (Å²) >= 11 is 0. The van der Waals surface area contributed by atoms with Gasteiger partial charge in [0.05, 0.1) is 0 Å². The van der Waals surface area contributed by atoms with Gasteiger partial charge in [0.1, 0.15) is 16.5 Å². The number of benzene rings is 1. The zero-order valence-corrected chi connectivity index (χ0v) is 13.9. The van der Waals surface area contributed by atoms with Gasteiger partial charge in [0.25, 0.3) is 0 Å². The van der Waals surface area contributed by atoms with E-state index in [1.54, 1.807) is 30.5 Å². The quantitative estimate of drug-likeness (QED) is 0.866. The summed E-state index contributed by atoms with van der Waals surface area (Å²) in [5, 5.41) is 0. The van der Waals surface area contributed by atoms with Crippen LogP contribution in [0, 0.1) is 5.82 Å². The molecule has 1 aliphatic heterocycles. The molecule has 2 aromatic rings. The molecule has 6 heteroatoms. The summed E-state index contributed by atoms with van der Waals surface area (Å²) in [6.45, 7) is 2.73. The topological polar surface area (TPSA) is 50.3 Å². The normalized spacial score (nSPS) is 21.6.